The molecule has 3 nitrogen and oxygen atoms in total. The van der Waals surface area contributed by atoms with Crippen molar-refractivity contribution in [2.24, 2.45) is 0 Å². The van der Waals surface area contributed by atoms with Crippen LogP contribution < -0.4 is 4.90 Å². The molecule has 0 saturated heterocycles. The van der Waals surface area contributed by atoms with E-state index in [1.165, 1.54) is 0 Å². The van der Waals surface area contributed by atoms with E-state index in [9.17, 15) is 4.79 Å². The van der Waals surface area contributed by atoms with E-state index in [0.717, 1.165) is 11.6 Å². The fraction of sp³-hybridized carbons (Fsp3) is 0.500. The van der Waals surface area contributed by atoms with Crippen molar-refractivity contribution >= 4 is 23.4 Å². The molecule has 1 heterocycles. The molecule has 0 aromatic carbocycles. The maximum atomic E-state index is 11.5. The molecular weight excluding hydrogens is 220 g/mol. The van der Waals surface area contributed by atoms with Gasteiger partial charge in [0.1, 0.15) is 5.82 Å². The van der Waals surface area contributed by atoms with Crippen LogP contribution in [0.2, 0.25) is 0 Å². The van der Waals surface area contributed by atoms with Gasteiger partial charge < -0.3 is 4.90 Å². The predicted molar refractivity (Wildman–Crippen MR) is 70.5 cm³/mol. The van der Waals surface area contributed by atoms with Gasteiger partial charge in [-0.2, -0.15) is 11.8 Å². The van der Waals surface area contributed by atoms with E-state index >= 15 is 0 Å². The van der Waals surface area contributed by atoms with Gasteiger partial charge in [-0.3, -0.25) is 4.79 Å². The van der Waals surface area contributed by atoms with Crippen molar-refractivity contribution < 1.29 is 4.79 Å². The second-order valence-corrected chi connectivity index (χ2v) is 4.76. The van der Waals surface area contributed by atoms with Gasteiger partial charge in [0.15, 0.2) is 5.78 Å². The molecule has 1 aromatic rings. The summed E-state index contributed by atoms with van der Waals surface area (Å²) in [5.74, 6) is 1.85. The molecule has 0 N–H and O–H groups in total. The van der Waals surface area contributed by atoms with Crippen LogP contribution in [0.3, 0.4) is 0 Å². The number of rotatable bonds is 5. The highest BCUT2D eigenvalue weighted by molar-refractivity contribution is 7.98. The van der Waals surface area contributed by atoms with E-state index in [0.29, 0.717) is 11.6 Å². The summed E-state index contributed by atoms with van der Waals surface area (Å²) in [5, 5.41) is 0. The zero-order chi connectivity index (χ0) is 12.1. The number of carbonyl (C=O) groups excluding carboxylic acids is 1. The lowest BCUT2D eigenvalue weighted by molar-refractivity contribution is 0.101. The van der Waals surface area contributed by atoms with Gasteiger partial charge in [0.05, 0.1) is 5.56 Å². The summed E-state index contributed by atoms with van der Waals surface area (Å²) >= 11 is 1.79. The van der Waals surface area contributed by atoms with E-state index in [-0.39, 0.29) is 5.78 Å². The minimum atomic E-state index is 0.0614. The lowest BCUT2D eigenvalue weighted by Gasteiger charge is -2.26. The first kappa shape index (κ1) is 13.0. The first-order valence-electron chi connectivity index (χ1n) is 5.25. The van der Waals surface area contributed by atoms with Crippen LogP contribution in [0.1, 0.15) is 24.2 Å². The number of Topliss-reactive ketones (excluding diaryl/α,β-unsaturated/α-hetero) is 1. The number of nitrogens with zero attached hydrogens (tertiary/aromatic N) is 2. The minimum Gasteiger partial charge on any atom is -0.356 e. The Bertz CT molecular complexity index is 368. The van der Waals surface area contributed by atoms with Crippen LogP contribution >= 0.6 is 11.8 Å². The van der Waals surface area contributed by atoms with Crippen molar-refractivity contribution in [3.05, 3.63) is 23.9 Å². The van der Waals surface area contributed by atoms with E-state index < -0.39 is 0 Å². The van der Waals surface area contributed by atoms with E-state index in [4.69, 9.17) is 0 Å². The number of aromatic nitrogens is 1. The Morgan fingerprint density at radius 3 is 2.88 bits per heavy atom. The van der Waals surface area contributed by atoms with Crippen molar-refractivity contribution in [1.82, 2.24) is 4.98 Å². The smallest absolute Gasteiger partial charge is 0.163 e. The average Bonchev–Trinajstić information content (AvgIpc) is 2.28. The molecule has 1 rings (SSSR count). The first-order chi connectivity index (χ1) is 7.57. The molecule has 0 spiro atoms. The van der Waals surface area contributed by atoms with Crippen LogP contribution in [-0.2, 0) is 0 Å². The van der Waals surface area contributed by atoms with Crippen LogP contribution in [0, 0.1) is 0 Å². The van der Waals surface area contributed by atoms with Gasteiger partial charge in [-0.05, 0) is 32.2 Å². The summed E-state index contributed by atoms with van der Waals surface area (Å²) in [6, 6.07) is 3.99. The van der Waals surface area contributed by atoms with Crippen LogP contribution in [0.5, 0.6) is 0 Å². The Labute approximate surface area is 101 Å². The van der Waals surface area contributed by atoms with Gasteiger partial charge in [-0.1, -0.05) is 0 Å². The quantitative estimate of drug-likeness (QED) is 0.738. The zero-order valence-corrected chi connectivity index (χ0v) is 11.0. The summed E-state index contributed by atoms with van der Waals surface area (Å²) in [6.07, 6.45) is 3.80. The van der Waals surface area contributed by atoms with Crippen LogP contribution in [0.4, 0.5) is 5.82 Å². The van der Waals surface area contributed by atoms with E-state index in [2.05, 4.69) is 23.1 Å². The molecule has 0 amide bonds. The molecule has 0 aliphatic heterocycles. The molecule has 0 radical (unpaired) electrons. The van der Waals surface area contributed by atoms with Crippen LogP contribution in [-0.4, -0.2) is 35.9 Å². The lowest BCUT2D eigenvalue weighted by Crippen LogP contribution is -2.32. The van der Waals surface area contributed by atoms with Gasteiger partial charge in [0.2, 0.25) is 0 Å². The van der Waals surface area contributed by atoms with Crippen LogP contribution in [0.25, 0.3) is 0 Å². The summed E-state index contributed by atoms with van der Waals surface area (Å²) in [7, 11) is 1.98. The van der Waals surface area contributed by atoms with Gasteiger partial charge in [0.25, 0.3) is 0 Å². The Morgan fingerprint density at radius 2 is 2.31 bits per heavy atom. The Morgan fingerprint density at radius 1 is 1.62 bits per heavy atom. The van der Waals surface area contributed by atoms with E-state index in [1.807, 2.05) is 13.1 Å². The van der Waals surface area contributed by atoms with Gasteiger partial charge >= 0.3 is 0 Å². The maximum absolute atomic E-state index is 11.5. The number of hydrogen-bond acceptors (Lipinski definition) is 4. The molecule has 16 heavy (non-hydrogen) atoms. The fourth-order valence-corrected chi connectivity index (χ4v) is 2.22. The highest BCUT2D eigenvalue weighted by atomic mass is 32.2. The van der Waals surface area contributed by atoms with Crippen molar-refractivity contribution in [2.75, 3.05) is 24.0 Å². The SMILES string of the molecule is CSCC(C)N(C)c1ncccc1C(C)=O. The summed E-state index contributed by atoms with van der Waals surface area (Å²) in [6.45, 7) is 3.71. The highest BCUT2D eigenvalue weighted by Crippen LogP contribution is 2.19. The van der Waals surface area contributed by atoms with Gasteiger partial charge in [-0.15, -0.1) is 0 Å². The molecule has 1 atom stereocenters. The molecule has 0 saturated carbocycles. The average molecular weight is 238 g/mol. The van der Waals surface area contributed by atoms with Crippen LogP contribution in [0.15, 0.2) is 18.3 Å². The highest BCUT2D eigenvalue weighted by Gasteiger charge is 2.16. The zero-order valence-electron chi connectivity index (χ0n) is 10.2. The molecular formula is C12H18N2OS. The van der Waals surface area contributed by atoms with Crippen molar-refractivity contribution in [2.45, 2.75) is 19.9 Å². The number of carbonyl (C=O) groups is 1. The van der Waals surface area contributed by atoms with E-state index in [1.54, 1.807) is 30.9 Å². The molecule has 0 aliphatic rings. The number of pyridine rings is 1. The third kappa shape index (κ3) is 2.98. The Balaban J connectivity index is 2.98. The standard InChI is InChI=1S/C12H18N2OS/c1-9(8-16-4)14(3)12-11(10(2)15)6-5-7-13-12/h5-7,9H,8H2,1-4H3. The second-order valence-electron chi connectivity index (χ2n) is 3.85. The number of hydrogen-bond donors (Lipinski definition) is 0. The third-order valence-corrected chi connectivity index (χ3v) is 3.38. The molecule has 88 valence electrons. The van der Waals surface area contributed by atoms with Crippen molar-refractivity contribution in [3.63, 3.8) is 0 Å². The minimum absolute atomic E-state index is 0.0614. The maximum Gasteiger partial charge on any atom is 0.163 e. The number of ketones is 1. The predicted octanol–water partition coefficient (Wildman–Crippen LogP) is 2.47. The second kappa shape index (κ2) is 5.89. The molecule has 0 fully saturated rings. The lowest BCUT2D eigenvalue weighted by atomic mass is 10.1. The summed E-state index contributed by atoms with van der Waals surface area (Å²) in [4.78, 5) is 17.8. The molecule has 0 bridgehead atoms. The topological polar surface area (TPSA) is 33.2 Å². The number of anilines is 1. The van der Waals surface area contributed by atoms with Crippen molar-refractivity contribution in [3.8, 4) is 0 Å². The van der Waals surface area contributed by atoms with Gasteiger partial charge in [-0.25, -0.2) is 4.98 Å². The molecule has 1 aromatic heterocycles. The Kier molecular flexibility index (Phi) is 4.80. The van der Waals surface area contributed by atoms with Crippen molar-refractivity contribution in [1.29, 1.82) is 0 Å². The molecule has 4 heteroatoms. The monoisotopic (exact) mass is 238 g/mol. The summed E-state index contributed by atoms with van der Waals surface area (Å²) in [5.41, 5.74) is 0.693. The first-order valence-corrected chi connectivity index (χ1v) is 6.65. The fourth-order valence-electron chi connectivity index (χ4n) is 1.51. The molecule has 0 aliphatic carbocycles. The van der Waals surface area contributed by atoms with Gasteiger partial charge in [0, 0.05) is 25.0 Å². The summed E-state index contributed by atoms with van der Waals surface area (Å²) < 4.78 is 0. The number of thioether (sulfide) groups is 1. The third-order valence-electron chi connectivity index (χ3n) is 2.57. The Hall–Kier alpha value is -1.03. The molecule has 1 unspecified atom stereocenters. The largest absolute Gasteiger partial charge is 0.356 e. The normalized spacial score (nSPS) is 12.2.